The van der Waals surface area contributed by atoms with Crippen LogP contribution in [0.15, 0.2) is 71.3 Å². The molecule has 2 aromatic heterocycles. The Bertz CT molecular complexity index is 1280. The molecule has 3 heterocycles. The van der Waals surface area contributed by atoms with Gasteiger partial charge in [-0.1, -0.05) is 18.2 Å². The zero-order chi connectivity index (χ0) is 23.5. The van der Waals surface area contributed by atoms with E-state index in [0.717, 1.165) is 33.5 Å². The number of rotatable bonds is 6. The maximum absolute atomic E-state index is 13.0. The number of nitrogens with zero attached hydrogens (tertiary/aromatic N) is 2. The van der Waals surface area contributed by atoms with Crippen LogP contribution in [0.4, 0.5) is 0 Å². The number of amides is 2. The number of hydrogen-bond donors (Lipinski definition) is 1. The van der Waals surface area contributed by atoms with E-state index in [1.807, 2.05) is 41.3 Å². The van der Waals surface area contributed by atoms with Crippen molar-refractivity contribution in [2.75, 3.05) is 33.3 Å². The quantitative estimate of drug-likeness (QED) is 0.467. The summed E-state index contributed by atoms with van der Waals surface area (Å²) < 4.78 is 10.5. The molecule has 1 saturated heterocycles. The van der Waals surface area contributed by atoms with Crippen LogP contribution >= 0.6 is 0 Å². The first-order valence-corrected chi connectivity index (χ1v) is 11.5. The number of fused-ring (bicyclic) bond motifs is 1. The van der Waals surface area contributed by atoms with Crippen molar-refractivity contribution in [1.29, 1.82) is 0 Å². The van der Waals surface area contributed by atoms with E-state index in [0.29, 0.717) is 44.8 Å². The average Bonchev–Trinajstić information content (AvgIpc) is 3.55. The van der Waals surface area contributed by atoms with Gasteiger partial charge in [0.2, 0.25) is 5.91 Å². The van der Waals surface area contributed by atoms with Crippen LogP contribution in [-0.2, 0) is 11.2 Å². The zero-order valence-electron chi connectivity index (χ0n) is 19.1. The number of carbonyl (C=O) groups is 2. The number of methoxy groups -OCH3 is 1. The second kappa shape index (κ2) is 9.47. The van der Waals surface area contributed by atoms with Gasteiger partial charge in [0.15, 0.2) is 5.76 Å². The van der Waals surface area contributed by atoms with Gasteiger partial charge in [0.05, 0.1) is 13.4 Å². The second-order valence-electron chi connectivity index (χ2n) is 8.40. The lowest BCUT2D eigenvalue weighted by atomic mass is 10.0. The summed E-state index contributed by atoms with van der Waals surface area (Å²) in [4.78, 5) is 32.6. The molecule has 1 aliphatic rings. The number of piperazine rings is 1. The van der Waals surface area contributed by atoms with Gasteiger partial charge in [-0.15, -0.1) is 0 Å². The maximum atomic E-state index is 13.0. The van der Waals surface area contributed by atoms with Crippen molar-refractivity contribution < 1.29 is 18.7 Å². The molecule has 1 fully saturated rings. The Hall–Kier alpha value is -4.00. The van der Waals surface area contributed by atoms with Gasteiger partial charge in [0, 0.05) is 49.2 Å². The number of aromatic nitrogens is 1. The molecule has 174 valence electrons. The number of nitrogens with one attached hydrogen (secondary N) is 1. The minimum atomic E-state index is -0.125. The number of benzene rings is 2. The lowest BCUT2D eigenvalue weighted by Crippen LogP contribution is -2.50. The van der Waals surface area contributed by atoms with Gasteiger partial charge >= 0.3 is 0 Å². The first-order chi connectivity index (χ1) is 16.6. The Morgan fingerprint density at radius 1 is 0.941 bits per heavy atom. The highest BCUT2D eigenvalue weighted by Crippen LogP contribution is 2.32. The van der Waals surface area contributed by atoms with E-state index in [-0.39, 0.29) is 11.8 Å². The van der Waals surface area contributed by atoms with Crippen LogP contribution in [0.3, 0.4) is 0 Å². The number of aryl methyl sites for hydroxylation is 1. The van der Waals surface area contributed by atoms with Crippen molar-refractivity contribution in [1.82, 2.24) is 14.8 Å². The smallest absolute Gasteiger partial charge is 0.289 e. The monoisotopic (exact) mass is 457 g/mol. The summed E-state index contributed by atoms with van der Waals surface area (Å²) in [6.07, 6.45) is 2.55. The third kappa shape index (κ3) is 4.29. The van der Waals surface area contributed by atoms with Crippen molar-refractivity contribution in [2.24, 2.45) is 0 Å². The molecule has 5 rings (SSSR count). The highest BCUT2D eigenvalue weighted by molar-refractivity contribution is 5.92. The van der Waals surface area contributed by atoms with Gasteiger partial charge in [-0.2, -0.15) is 0 Å². The molecule has 0 aliphatic carbocycles. The van der Waals surface area contributed by atoms with Crippen LogP contribution in [0.25, 0.3) is 22.2 Å². The lowest BCUT2D eigenvalue weighted by molar-refractivity contribution is -0.132. The molecular formula is C27H27N3O4. The van der Waals surface area contributed by atoms with Crippen molar-refractivity contribution in [3.05, 3.63) is 78.3 Å². The van der Waals surface area contributed by atoms with Crippen LogP contribution in [-0.4, -0.2) is 59.9 Å². The fraction of sp³-hybridized carbons (Fsp3) is 0.259. The van der Waals surface area contributed by atoms with Crippen LogP contribution in [0, 0.1) is 0 Å². The topological polar surface area (TPSA) is 78.8 Å². The maximum Gasteiger partial charge on any atom is 0.289 e. The molecule has 7 heteroatoms. The van der Waals surface area contributed by atoms with Crippen LogP contribution in [0.2, 0.25) is 0 Å². The highest BCUT2D eigenvalue weighted by atomic mass is 16.5. The minimum Gasteiger partial charge on any atom is -0.497 e. The molecule has 7 nitrogen and oxygen atoms in total. The first-order valence-electron chi connectivity index (χ1n) is 11.5. The standard InChI is InChI=1S/C27H27N3O4/c1-33-20-10-8-19(9-11-20)26-22(21-5-2-3-6-23(21)28-26)12-13-25(31)29-14-16-30(17-15-29)27(32)24-7-4-18-34-24/h2-11,18,28H,12-17H2,1H3. The van der Waals surface area contributed by atoms with E-state index in [1.165, 1.54) is 6.26 Å². The Balaban J connectivity index is 1.27. The third-order valence-corrected chi connectivity index (χ3v) is 6.43. The van der Waals surface area contributed by atoms with Gasteiger partial charge in [-0.3, -0.25) is 9.59 Å². The second-order valence-corrected chi connectivity index (χ2v) is 8.40. The molecule has 1 N–H and O–H groups in total. The molecule has 0 spiro atoms. The number of para-hydroxylation sites is 1. The first kappa shape index (κ1) is 21.8. The van der Waals surface area contributed by atoms with Gasteiger partial charge in [-0.05, 0) is 60.0 Å². The Morgan fingerprint density at radius 3 is 2.38 bits per heavy atom. The average molecular weight is 458 g/mol. The molecule has 0 radical (unpaired) electrons. The molecule has 0 bridgehead atoms. The summed E-state index contributed by atoms with van der Waals surface area (Å²) in [5.41, 5.74) is 4.29. The molecule has 34 heavy (non-hydrogen) atoms. The van der Waals surface area contributed by atoms with Crippen LogP contribution in [0.1, 0.15) is 22.5 Å². The Kier molecular flexibility index (Phi) is 6.08. The molecule has 0 unspecified atom stereocenters. The molecule has 0 saturated carbocycles. The fourth-order valence-corrected chi connectivity index (χ4v) is 4.57. The summed E-state index contributed by atoms with van der Waals surface area (Å²) in [6, 6.07) is 19.5. The summed E-state index contributed by atoms with van der Waals surface area (Å²) in [5.74, 6) is 1.13. The van der Waals surface area contributed by atoms with Crippen LogP contribution < -0.4 is 4.74 Å². The molecule has 1 aliphatic heterocycles. The van der Waals surface area contributed by atoms with E-state index in [2.05, 4.69) is 17.1 Å². The normalized spacial score (nSPS) is 13.9. The number of hydrogen-bond acceptors (Lipinski definition) is 4. The van der Waals surface area contributed by atoms with E-state index in [4.69, 9.17) is 9.15 Å². The molecule has 0 atom stereocenters. The summed E-state index contributed by atoms with van der Waals surface area (Å²) in [5, 5.41) is 1.13. The van der Waals surface area contributed by atoms with Crippen molar-refractivity contribution >= 4 is 22.7 Å². The van der Waals surface area contributed by atoms with Crippen molar-refractivity contribution in [3.8, 4) is 17.0 Å². The van der Waals surface area contributed by atoms with Crippen molar-refractivity contribution in [2.45, 2.75) is 12.8 Å². The van der Waals surface area contributed by atoms with Gasteiger partial charge in [0.1, 0.15) is 5.75 Å². The molecular weight excluding hydrogens is 430 g/mol. The summed E-state index contributed by atoms with van der Waals surface area (Å²) in [6.45, 7) is 2.08. The molecule has 4 aromatic rings. The van der Waals surface area contributed by atoms with E-state index in [9.17, 15) is 9.59 Å². The van der Waals surface area contributed by atoms with E-state index < -0.39 is 0 Å². The minimum absolute atomic E-state index is 0.107. The van der Waals surface area contributed by atoms with Gasteiger partial charge in [0.25, 0.3) is 5.91 Å². The zero-order valence-corrected chi connectivity index (χ0v) is 19.1. The lowest BCUT2D eigenvalue weighted by Gasteiger charge is -2.34. The SMILES string of the molecule is COc1ccc(-c2[nH]c3ccccc3c2CCC(=O)N2CCN(C(=O)c3ccco3)CC2)cc1. The third-order valence-electron chi connectivity index (χ3n) is 6.43. The predicted molar refractivity (Wildman–Crippen MR) is 130 cm³/mol. The number of ether oxygens (including phenoxy) is 1. The van der Waals surface area contributed by atoms with E-state index in [1.54, 1.807) is 24.1 Å². The van der Waals surface area contributed by atoms with E-state index >= 15 is 0 Å². The summed E-state index contributed by atoms with van der Waals surface area (Å²) >= 11 is 0. The molecule has 2 aromatic carbocycles. The van der Waals surface area contributed by atoms with Gasteiger partial charge < -0.3 is 23.9 Å². The molecule has 2 amide bonds. The fourth-order valence-electron chi connectivity index (χ4n) is 4.57. The summed E-state index contributed by atoms with van der Waals surface area (Å²) in [7, 11) is 1.65. The number of aromatic amines is 1. The number of H-pyrrole nitrogens is 1. The number of furan rings is 1. The Labute approximate surface area is 197 Å². The Morgan fingerprint density at radius 2 is 1.68 bits per heavy atom. The van der Waals surface area contributed by atoms with Crippen LogP contribution in [0.5, 0.6) is 5.75 Å². The highest BCUT2D eigenvalue weighted by Gasteiger charge is 2.26. The predicted octanol–water partition coefficient (Wildman–Crippen LogP) is 4.35. The largest absolute Gasteiger partial charge is 0.497 e. The van der Waals surface area contributed by atoms with Gasteiger partial charge in [-0.25, -0.2) is 0 Å². The number of carbonyl (C=O) groups excluding carboxylic acids is 2. The van der Waals surface area contributed by atoms with Crippen molar-refractivity contribution in [3.63, 3.8) is 0 Å².